The van der Waals surface area contributed by atoms with Gasteiger partial charge in [-0.3, -0.25) is 4.79 Å². The molecule has 1 aliphatic rings. The number of benzene rings is 1. The fraction of sp³-hybridized carbons (Fsp3) is 0.588. The van der Waals surface area contributed by atoms with Gasteiger partial charge in [-0.1, -0.05) is 41.4 Å². The van der Waals surface area contributed by atoms with Gasteiger partial charge in [0, 0.05) is 16.4 Å². The van der Waals surface area contributed by atoms with Crippen molar-refractivity contribution >= 4 is 21.8 Å². The Bertz CT molecular complexity index is 478. The van der Waals surface area contributed by atoms with Crippen LogP contribution in [-0.4, -0.2) is 18.5 Å². The predicted octanol–water partition coefficient (Wildman–Crippen LogP) is 3.26. The standard InChI is InChI=1S/C17H25BrN2O/c1-2-13(9-12-5-3-7-15(18)10-12)17(21)20-16-8-4-6-14(16)11-19/h3,5,7,10,13-14,16H,2,4,6,8-9,11,19H2,1H3,(H,20,21). The Morgan fingerprint density at radius 1 is 1.48 bits per heavy atom. The van der Waals surface area contributed by atoms with Gasteiger partial charge in [0.05, 0.1) is 0 Å². The Kier molecular flexibility index (Phi) is 6.24. The van der Waals surface area contributed by atoms with E-state index in [9.17, 15) is 4.79 Å². The van der Waals surface area contributed by atoms with Crippen LogP contribution in [0.25, 0.3) is 0 Å². The fourth-order valence-electron chi connectivity index (χ4n) is 3.18. The molecule has 0 saturated heterocycles. The van der Waals surface area contributed by atoms with Crippen molar-refractivity contribution in [1.29, 1.82) is 0 Å². The van der Waals surface area contributed by atoms with E-state index < -0.39 is 0 Å². The average Bonchev–Trinajstić information content (AvgIpc) is 2.91. The molecule has 1 aliphatic carbocycles. The summed E-state index contributed by atoms with van der Waals surface area (Å²) in [4.78, 5) is 12.5. The zero-order chi connectivity index (χ0) is 15.2. The molecule has 1 aromatic rings. The molecule has 3 atom stereocenters. The van der Waals surface area contributed by atoms with E-state index in [1.165, 1.54) is 12.0 Å². The van der Waals surface area contributed by atoms with Crippen LogP contribution in [0.2, 0.25) is 0 Å². The lowest BCUT2D eigenvalue weighted by molar-refractivity contribution is -0.126. The van der Waals surface area contributed by atoms with Crippen molar-refractivity contribution in [3.05, 3.63) is 34.3 Å². The first-order chi connectivity index (χ1) is 10.1. The molecule has 4 heteroatoms. The summed E-state index contributed by atoms with van der Waals surface area (Å²) in [5.41, 5.74) is 6.99. The van der Waals surface area contributed by atoms with Gasteiger partial charge in [0.1, 0.15) is 0 Å². The molecule has 0 bridgehead atoms. The first-order valence-corrected chi connectivity index (χ1v) is 8.68. The van der Waals surface area contributed by atoms with Crippen LogP contribution >= 0.6 is 15.9 Å². The van der Waals surface area contributed by atoms with E-state index in [-0.39, 0.29) is 17.9 Å². The topological polar surface area (TPSA) is 55.1 Å². The third-order valence-corrected chi connectivity index (χ3v) is 5.02. The number of halogens is 1. The first-order valence-electron chi connectivity index (χ1n) is 7.89. The van der Waals surface area contributed by atoms with Gasteiger partial charge >= 0.3 is 0 Å². The summed E-state index contributed by atoms with van der Waals surface area (Å²) in [6.45, 7) is 2.75. The summed E-state index contributed by atoms with van der Waals surface area (Å²) in [6.07, 6.45) is 5.04. The molecule has 116 valence electrons. The molecular formula is C17H25BrN2O. The van der Waals surface area contributed by atoms with Crippen LogP contribution in [0.3, 0.4) is 0 Å². The summed E-state index contributed by atoms with van der Waals surface area (Å²) in [7, 11) is 0. The molecule has 0 spiro atoms. The second-order valence-corrected chi connectivity index (χ2v) is 6.90. The van der Waals surface area contributed by atoms with Crippen molar-refractivity contribution in [2.24, 2.45) is 17.6 Å². The molecule has 1 saturated carbocycles. The van der Waals surface area contributed by atoms with Crippen LogP contribution in [-0.2, 0) is 11.2 Å². The first kappa shape index (κ1) is 16.5. The SMILES string of the molecule is CCC(Cc1cccc(Br)c1)C(=O)NC1CCCC1CN. The van der Waals surface area contributed by atoms with E-state index in [0.29, 0.717) is 12.5 Å². The Morgan fingerprint density at radius 2 is 2.29 bits per heavy atom. The van der Waals surface area contributed by atoms with E-state index >= 15 is 0 Å². The second kappa shape index (κ2) is 7.95. The molecule has 0 aliphatic heterocycles. The minimum Gasteiger partial charge on any atom is -0.353 e. The maximum Gasteiger partial charge on any atom is 0.223 e. The number of nitrogens with two attached hydrogens (primary N) is 1. The average molecular weight is 353 g/mol. The zero-order valence-electron chi connectivity index (χ0n) is 12.6. The molecular weight excluding hydrogens is 328 g/mol. The molecule has 1 aromatic carbocycles. The molecule has 3 unspecified atom stereocenters. The maximum absolute atomic E-state index is 12.5. The van der Waals surface area contributed by atoms with Crippen molar-refractivity contribution in [3.63, 3.8) is 0 Å². The van der Waals surface area contributed by atoms with E-state index in [4.69, 9.17) is 5.73 Å². The van der Waals surface area contributed by atoms with Crippen molar-refractivity contribution in [1.82, 2.24) is 5.32 Å². The van der Waals surface area contributed by atoms with E-state index in [1.54, 1.807) is 0 Å². The number of nitrogens with one attached hydrogen (secondary N) is 1. The molecule has 0 heterocycles. The number of amides is 1. The molecule has 1 fully saturated rings. The van der Waals surface area contributed by atoms with Gasteiger partial charge < -0.3 is 11.1 Å². The monoisotopic (exact) mass is 352 g/mol. The number of hydrogen-bond acceptors (Lipinski definition) is 2. The van der Waals surface area contributed by atoms with Crippen molar-refractivity contribution < 1.29 is 4.79 Å². The molecule has 0 radical (unpaired) electrons. The van der Waals surface area contributed by atoms with E-state index in [1.807, 2.05) is 12.1 Å². The fourth-order valence-corrected chi connectivity index (χ4v) is 3.63. The minimum absolute atomic E-state index is 0.0401. The van der Waals surface area contributed by atoms with Crippen molar-refractivity contribution in [2.45, 2.75) is 45.1 Å². The number of carbonyl (C=O) groups excluding carboxylic acids is 1. The minimum atomic E-state index is 0.0401. The lowest BCUT2D eigenvalue weighted by atomic mass is 9.95. The number of hydrogen-bond donors (Lipinski definition) is 2. The zero-order valence-corrected chi connectivity index (χ0v) is 14.2. The highest BCUT2D eigenvalue weighted by molar-refractivity contribution is 9.10. The second-order valence-electron chi connectivity index (χ2n) is 5.98. The van der Waals surface area contributed by atoms with Crippen LogP contribution in [0.4, 0.5) is 0 Å². The molecule has 3 nitrogen and oxygen atoms in total. The van der Waals surface area contributed by atoms with Gasteiger partial charge in [-0.15, -0.1) is 0 Å². The Balaban J connectivity index is 1.95. The number of carbonyl (C=O) groups is 1. The molecule has 2 rings (SSSR count). The van der Waals surface area contributed by atoms with Gasteiger partial charge in [-0.25, -0.2) is 0 Å². The Hall–Kier alpha value is -0.870. The van der Waals surface area contributed by atoms with E-state index in [0.717, 1.165) is 30.2 Å². The van der Waals surface area contributed by atoms with Crippen LogP contribution in [0, 0.1) is 11.8 Å². The largest absolute Gasteiger partial charge is 0.353 e. The highest BCUT2D eigenvalue weighted by Crippen LogP contribution is 2.25. The quantitative estimate of drug-likeness (QED) is 0.825. The normalized spacial score (nSPS) is 23.0. The molecule has 0 aromatic heterocycles. The lowest BCUT2D eigenvalue weighted by Crippen LogP contribution is -2.43. The van der Waals surface area contributed by atoms with Gasteiger partial charge in [0.15, 0.2) is 0 Å². The van der Waals surface area contributed by atoms with Crippen LogP contribution in [0.5, 0.6) is 0 Å². The van der Waals surface area contributed by atoms with Crippen LogP contribution in [0.1, 0.15) is 38.2 Å². The molecule has 1 amide bonds. The third-order valence-electron chi connectivity index (χ3n) is 4.52. The third kappa shape index (κ3) is 4.55. The highest BCUT2D eigenvalue weighted by atomic mass is 79.9. The summed E-state index contributed by atoms with van der Waals surface area (Å²) in [5, 5.41) is 3.24. The lowest BCUT2D eigenvalue weighted by Gasteiger charge is -2.23. The maximum atomic E-state index is 12.5. The van der Waals surface area contributed by atoms with Gasteiger partial charge in [0.25, 0.3) is 0 Å². The van der Waals surface area contributed by atoms with Crippen LogP contribution < -0.4 is 11.1 Å². The van der Waals surface area contributed by atoms with Gasteiger partial charge in [0.2, 0.25) is 5.91 Å². The summed E-state index contributed by atoms with van der Waals surface area (Å²) in [5.74, 6) is 0.679. The van der Waals surface area contributed by atoms with Crippen molar-refractivity contribution in [3.8, 4) is 0 Å². The summed E-state index contributed by atoms with van der Waals surface area (Å²) >= 11 is 3.48. The van der Waals surface area contributed by atoms with E-state index in [2.05, 4.69) is 40.3 Å². The number of rotatable bonds is 6. The Morgan fingerprint density at radius 3 is 2.95 bits per heavy atom. The molecule has 3 N–H and O–H groups in total. The predicted molar refractivity (Wildman–Crippen MR) is 90.0 cm³/mol. The van der Waals surface area contributed by atoms with Gasteiger partial charge in [-0.2, -0.15) is 0 Å². The Labute approximate surface area is 135 Å². The smallest absolute Gasteiger partial charge is 0.223 e. The van der Waals surface area contributed by atoms with Crippen molar-refractivity contribution in [2.75, 3.05) is 6.54 Å². The van der Waals surface area contributed by atoms with Crippen LogP contribution in [0.15, 0.2) is 28.7 Å². The van der Waals surface area contributed by atoms with Gasteiger partial charge in [-0.05, 0) is 55.8 Å². The highest BCUT2D eigenvalue weighted by Gasteiger charge is 2.29. The molecule has 21 heavy (non-hydrogen) atoms. The summed E-state index contributed by atoms with van der Waals surface area (Å²) < 4.78 is 1.06. The summed E-state index contributed by atoms with van der Waals surface area (Å²) in [6, 6.07) is 8.48.